The summed E-state index contributed by atoms with van der Waals surface area (Å²) in [6.45, 7) is 2.23. The van der Waals surface area contributed by atoms with Gasteiger partial charge in [0.15, 0.2) is 23.0 Å². The number of fused-ring (bicyclic) bond motifs is 2. The van der Waals surface area contributed by atoms with Crippen LogP contribution in [-0.4, -0.2) is 36.5 Å². The lowest BCUT2D eigenvalue weighted by Crippen LogP contribution is -2.19. The first kappa shape index (κ1) is 26.6. The molecule has 1 amide bonds. The Bertz CT molecular complexity index is 1830. The second kappa shape index (κ2) is 11.5. The van der Waals surface area contributed by atoms with Gasteiger partial charge in [-0.25, -0.2) is 14.6 Å². The lowest BCUT2D eigenvalue weighted by Gasteiger charge is -2.11. The van der Waals surface area contributed by atoms with E-state index < -0.39 is 17.7 Å². The molecule has 2 N–H and O–H groups in total. The van der Waals surface area contributed by atoms with E-state index in [1.54, 1.807) is 55.5 Å². The van der Waals surface area contributed by atoms with Crippen LogP contribution in [0.15, 0.2) is 90.0 Å². The van der Waals surface area contributed by atoms with Crippen LogP contribution in [0.3, 0.4) is 0 Å². The molecule has 1 aliphatic rings. The van der Waals surface area contributed by atoms with Gasteiger partial charge in [0.25, 0.3) is 5.91 Å². The molecule has 0 spiro atoms. The van der Waals surface area contributed by atoms with Crippen molar-refractivity contribution in [3.8, 4) is 34.1 Å². The fraction of sp³-hybridized carbons (Fsp3) is 0.0938. The summed E-state index contributed by atoms with van der Waals surface area (Å²) in [6, 6.07) is 23.6. The molecule has 9 nitrogen and oxygen atoms in total. The van der Waals surface area contributed by atoms with E-state index in [1.165, 1.54) is 12.3 Å². The quantitative estimate of drug-likeness (QED) is 0.102. The normalized spacial score (nSPS) is 12.0. The number of para-hydroxylation sites is 1. The monoisotopic (exact) mass is 565 g/mol. The molecule has 2 heterocycles. The molecule has 0 atom stereocenters. The predicted octanol–water partition coefficient (Wildman–Crippen LogP) is 6.08. The average molecular weight is 566 g/mol. The van der Waals surface area contributed by atoms with Crippen molar-refractivity contribution in [3.05, 3.63) is 108 Å². The number of hydrogen-bond acceptors (Lipinski definition) is 7. The van der Waals surface area contributed by atoms with Crippen molar-refractivity contribution in [1.29, 1.82) is 0 Å². The van der Waals surface area contributed by atoms with Crippen molar-refractivity contribution < 1.29 is 32.9 Å². The molecular weight excluding hydrogens is 541 g/mol. The minimum atomic E-state index is -0.591. The number of nitrogens with zero attached hydrogens (tertiary/aromatic N) is 1. The van der Waals surface area contributed by atoms with Gasteiger partial charge in [-0.15, -0.1) is 0 Å². The maximum Gasteiger partial charge on any atom is 0.343 e. The van der Waals surface area contributed by atoms with E-state index in [0.29, 0.717) is 45.9 Å². The highest BCUT2D eigenvalue weighted by Crippen LogP contribution is 2.35. The number of halogens is 1. The molecule has 0 fully saturated rings. The van der Waals surface area contributed by atoms with Crippen LogP contribution >= 0.6 is 0 Å². The van der Waals surface area contributed by atoms with Gasteiger partial charge >= 0.3 is 5.97 Å². The zero-order chi connectivity index (χ0) is 29.1. The van der Waals surface area contributed by atoms with Crippen molar-refractivity contribution >= 4 is 29.0 Å². The number of hydrazone groups is 1. The van der Waals surface area contributed by atoms with Crippen molar-refractivity contribution in [3.63, 3.8) is 0 Å². The number of aromatic amines is 1. The van der Waals surface area contributed by atoms with Crippen LogP contribution in [0.2, 0.25) is 0 Å². The summed E-state index contributed by atoms with van der Waals surface area (Å²) in [7, 11) is 0. The Labute approximate surface area is 239 Å². The maximum absolute atomic E-state index is 14.5. The number of nitrogens with one attached hydrogen (secondary N) is 2. The van der Waals surface area contributed by atoms with Crippen LogP contribution in [0.5, 0.6) is 23.0 Å². The Hall–Kier alpha value is -5.64. The van der Waals surface area contributed by atoms with E-state index in [2.05, 4.69) is 15.5 Å². The van der Waals surface area contributed by atoms with Gasteiger partial charge in [0.2, 0.25) is 6.79 Å². The van der Waals surface area contributed by atoms with Gasteiger partial charge in [-0.2, -0.15) is 5.10 Å². The van der Waals surface area contributed by atoms with Crippen molar-refractivity contribution in [2.45, 2.75) is 6.92 Å². The minimum absolute atomic E-state index is 0.0975. The second-order valence-electron chi connectivity index (χ2n) is 9.20. The lowest BCUT2D eigenvalue weighted by molar-refractivity contribution is 0.0727. The molecule has 42 heavy (non-hydrogen) atoms. The number of hydrogen-bond donors (Lipinski definition) is 2. The summed E-state index contributed by atoms with van der Waals surface area (Å²) >= 11 is 0. The molecule has 0 radical (unpaired) electrons. The summed E-state index contributed by atoms with van der Waals surface area (Å²) in [5, 5.41) is 4.68. The van der Waals surface area contributed by atoms with Crippen LogP contribution in [0, 0.1) is 5.82 Å². The van der Waals surface area contributed by atoms with Crippen molar-refractivity contribution in [2.75, 3.05) is 13.4 Å². The van der Waals surface area contributed by atoms with Crippen molar-refractivity contribution in [2.24, 2.45) is 5.10 Å². The van der Waals surface area contributed by atoms with Crippen LogP contribution < -0.4 is 24.4 Å². The second-order valence-corrected chi connectivity index (χ2v) is 9.20. The number of carbonyl (C=O) groups excluding carboxylic acids is 2. The molecule has 0 saturated heterocycles. The zero-order valence-corrected chi connectivity index (χ0v) is 22.3. The molecule has 4 aromatic carbocycles. The third kappa shape index (κ3) is 5.25. The Morgan fingerprint density at radius 1 is 0.976 bits per heavy atom. The third-order valence-corrected chi connectivity index (χ3v) is 6.53. The number of rotatable bonds is 8. The smallest absolute Gasteiger partial charge is 0.343 e. The Balaban J connectivity index is 1.20. The predicted molar refractivity (Wildman–Crippen MR) is 154 cm³/mol. The molecule has 0 bridgehead atoms. The maximum atomic E-state index is 14.5. The highest BCUT2D eigenvalue weighted by Gasteiger charge is 2.21. The fourth-order valence-corrected chi connectivity index (χ4v) is 4.62. The van der Waals surface area contributed by atoms with E-state index in [-0.39, 0.29) is 23.8 Å². The highest BCUT2D eigenvalue weighted by atomic mass is 19.1. The Kier molecular flexibility index (Phi) is 7.25. The Morgan fingerprint density at radius 3 is 2.64 bits per heavy atom. The van der Waals surface area contributed by atoms with Crippen LogP contribution in [-0.2, 0) is 0 Å². The number of aromatic nitrogens is 1. The molecule has 5 aromatic rings. The van der Waals surface area contributed by atoms with Crippen LogP contribution in [0.25, 0.3) is 22.0 Å². The summed E-state index contributed by atoms with van der Waals surface area (Å²) in [4.78, 5) is 28.9. The summed E-state index contributed by atoms with van der Waals surface area (Å²) in [6.07, 6.45) is 1.43. The number of esters is 1. The van der Waals surface area contributed by atoms with Crippen LogP contribution in [0.1, 0.15) is 33.3 Å². The largest absolute Gasteiger partial charge is 0.490 e. The van der Waals surface area contributed by atoms with E-state index >= 15 is 0 Å². The number of benzene rings is 4. The van der Waals surface area contributed by atoms with Gasteiger partial charge in [-0.3, -0.25) is 4.79 Å². The van der Waals surface area contributed by atoms with Crippen LogP contribution in [0.4, 0.5) is 4.39 Å². The number of amides is 1. The first-order chi connectivity index (χ1) is 20.5. The average Bonchev–Trinajstić information content (AvgIpc) is 3.64. The van der Waals surface area contributed by atoms with Gasteiger partial charge in [0.05, 0.1) is 23.9 Å². The SMILES string of the molecule is CCOc1cc(C=NNC(=O)c2[nH]c3c(F)cccc3c2-c2ccccc2)ccc1OC(=O)c1ccc2c(c1)OCO2. The van der Waals surface area contributed by atoms with Gasteiger partial charge < -0.3 is 23.9 Å². The molecular formula is C32H24FN3O6. The van der Waals surface area contributed by atoms with Gasteiger partial charge in [0.1, 0.15) is 11.5 Å². The van der Waals surface area contributed by atoms with E-state index in [9.17, 15) is 14.0 Å². The van der Waals surface area contributed by atoms with E-state index in [4.69, 9.17) is 18.9 Å². The first-order valence-electron chi connectivity index (χ1n) is 13.1. The van der Waals surface area contributed by atoms with Gasteiger partial charge in [-0.1, -0.05) is 42.5 Å². The molecule has 10 heteroatoms. The number of ether oxygens (including phenoxy) is 4. The number of carbonyl (C=O) groups is 2. The Morgan fingerprint density at radius 2 is 1.81 bits per heavy atom. The summed E-state index contributed by atoms with van der Waals surface area (Å²) in [5.41, 5.74) is 5.12. The summed E-state index contributed by atoms with van der Waals surface area (Å²) < 4.78 is 36.4. The molecule has 0 aliphatic carbocycles. The molecule has 0 unspecified atom stereocenters. The zero-order valence-electron chi connectivity index (χ0n) is 22.3. The van der Waals surface area contributed by atoms with Gasteiger partial charge in [-0.05, 0) is 60.5 Å². The van der Waals surface area contributed by atoms with Crippen molar-refractivity contribution in [1.82, 2.24) is 10.4 Å². The molecule has 210 valence electrons. The topological polar surface area (TPSA) is 111 Å². The lowest BCUT2D eigenvalue weighted by atomic mass is 10.0. The first-order valence-corrected chi connectivity index (χ1v) is 13.1. The molecule has 1 aliphatic heterocycles. The third-order valence-electron chi connectivity index (χ3n) is 6.53. The van der Waals surface area contributed by atoms with E-state index in [1.807, 2.05) is 30.3 Å². The standard InChI is InChI=1S/C32H24FN3O6/c1-2-39-26-15-19(11-13-25(26)42-32(38)21-12-14-24-27(16-21)41-18-40-24)17-34-36-31(37)30-28(20-7-4-3-5-8-20)22-9-6-10-23(33)29(22)35-30/h3-17,35H,2,18H2,1H3,(H,36,37). The minimum Gasteiger partial charge on any atom is -0.490 e. The highest BCUT2D eigenvalue weighted by molar-refractivity contribution is 6.10. The fourth-order valence-electron chi connectivity index (χ4n) is 4.62. The molecule has 1 aromatic heterocycles. The molecule has 0 saturated carbocycles. The molecule has 6 rings (SSSR count). The van der Waals surface area contributed by atoms with E-state index in [0.717, 1.165) is 5.56 Å². The van der Waals surface area contributed by atoms with Gasteiger partial charge in [0, 0.05) is 10.9 Å². The number of H-pyrrole nitrogens is 1. The summed E-state index contributed by atoms with van der Waals surface area (Å²) in [5.74, 6) is -0.0311.